The third kappa shape index (κ3) is 5.67. The molecule has 0 radical (unpaired) electrons. The van der Waals surface area contributed by atoms with E-state index in [0.29, 0.717) is 11.3 Å². The summed E-state index contributed by atoms with van der Waals surface area (Å²) >= 11 is 6.09. The normalized spacial score (nSPS) is 11.9. The van der Waals surface area contributed by atoms with Crippen molar-refractivity contribution in [1.82, 2.24) is 5.32 Å². The number of amides is 1. The zero-order valence-corrected chi connectivity index (χ0v) is 15.6. The quantitative estimate of drug-likeness (QED) is 0.772. The average Bonchev–Trinajstić information content (AvgIpc) is 2.51. The SMILES string of the molecule is CC(F)(F)c1ccc(C(=O)NCc2ccc(NS(C)(=O)=O)cc2Cl)cc1. The molecule has 2 N–H and O–H groups in total. The van der Waals surface area contributed by atoms with Crippen LogP contribution in [0.5, 0.6) is 0 Å². The number of halogens is 3. The van der Waals surface area contributed by atoms with Gasteiger partial charge in [0.2, 0.25) is 10.0 Å². The minimum atomic E-state index is -3.41. The third-order valence-electron chi connectivity index (χ3n) is 3.45. The number of carbonyl (C=O) groups excluding carboxylic acids is 1. The van der Waals surface area contributed by atoms with Gasteiger partial charge in [0, 0.05) is 35.3 Å². The summed E-state index contributed by atoms with van der Waals surface area (Å²) in [6.45, 7) is 0.884. The molecule has 2 rings (SSSR count). The van der Waals surface area contributed by atoms with Crippen LogP contribution in [0.3, 0.4) is 0 Å². The van der Waals surface area contributed by atoms with Crippen LogP contribution in [0.4, 0.5) is 14.5 Å². The molecule has 0 bridgehead atoms. The second-order valence-corrected chi connectivity index (χ2v) is 7.98. The highest BCUT2D eigenvalue weighted by molar-refractivity contribution is 7.92. The van der Waals surface area contributed by atoms with Crippen LogP contribution >= 0.6 is 11.6 Å². The Morgan fingerprint density at radius 1 is 1.15 bits per heavy atom. The number of benzene rings is 2. The van der Waals surface area contributed by atoms with Gasteiger partial charge in [0.05, 0.1) is 6.26 Å². The van der Waals surface area contributed by atoms with E-state index >= 15 is 0 Å². The van der Waals surface area contributed by atoms with Gasteiger partial charge in [0.1, 0.15) is 0 Å². The topological polar surface area (TPSA) is 75.3 Å². The number of hydrogen-bond donors (Lipinski definition) is 2. The van der Waals surface area contributed by atoms with Crippen molar-refractivity contribution in [3.05, 3.63) is 64.2 Å². The Morgan fingerprint density at radius 3 is 2.27 bits per heavy atom. The first kappa shape index (κ1) is 20.1. The van der Waals surface area contributed by atoms with Crippen LogP contribution in [0.1, 0.15) is 28.4 Å². The van der Waals surface area contributed by atoms with E-state index < -0.39 is 21.9 Å². The van der Waals surface area contributed by atoms with E-state index in [4.69, 9.17) is 11.6 Å². The molecular weight excluding hydrogens is 386 g/mol. The summed E-state index contributed by atoms with van der Waals surface area (Å²) in [6.07, 6.45) is 1.02. The van der Waals surface area contributed by atoms with Gasteiger partial charge in [-0.05, 0) is 29.8 Å². The Bertz CT molecular complexity index is 911. The maximum Gasteiger partial charge on any atom is 0.270 e. The zero-order chi connectivity index (χ0) is 19.5. The lowest BCUT2D eigenvalue weighted by Gasteiger charge is -2.12. The Morgan fingerprint density at radius 2 is 1.77 bits per heavy atom. The van der Waals surface area contributed by atoms with E-state index in [1.54, 1.807) is 6.07 Å². The molecule has 0 fully saturated rings. The van der Waals surface area contributed by atoms with Gasteiger partial charge < -0.3 is 5.32 Å². The number of anilines is 1. The lowest BCUT2D eigenvalue weighted by molar-refractivity contribution is 0.0174. The molecule has 140 valence electrons. The van der Waals surface area contributed by atoms with Crippen molar-refractivity contribution in [3.63, 3.8) is 0 Å². The van der Waals surface area contributed by atoms with Crippen molar-refractivity contribution < 1.29 is 22.0 Å². The standard InChI is InChI=1S/C17H17ClF2N2O3S/c1-17(19,20)13-6-3-11(4-7-13)16(23)21-10-12-5-8-14(9-15(12)18)22-26(2,24)25/h3-9,22H,10H2,1-2H3,(H,21,23). The maximum absolute atomic E-state index is 13.2. The van der Waals surface area contributed by atoms with Crippen molar-refractivity contribution in [2.24, 2.45) is 0 Å². The average molecular weight is 403 g/mol. The lowest BCUT2D eigenvalue weighted by Crippen LogP contribution is -2.23. The minimum Gasteiger partial charge on any atom is -0.348 e. The van der Waals surface area contributed by atoms with Gasteiger partial charge in [-0.25, -0.2) is 17.2 Å². The first-order chi connectivity index (χ1) is 12.0. The molecule has 9 heteroatoms. The molecule has 2 aromatic carbocycles. The molecule has 0 spiro atoms. The van der Waals surface area contributed by atoms with E-state index in [9.17, 15) is 22.0 Å². The first-order valence-corrected chi connectivity index (χ1v) is 9.75. The van der Waals surface area contributed by atoms with Crippen molar-refractivity contribution in [2.45, 2.75) is 19.4 Å². The number of carbonyl (C=O) groups is 1. The Balaban J connectivity index is 2.03. The van der Waals surface area contributed by atoms with Crippen LogP contribution in [0.15, 0.2) is 42.5 Å². The number of sulfonamides is 1. The largest absolute Gasteiger partial charge is 0.348 e. The number of rotatable bonds is 6. The summed E-state index contributed by atoms with van der Waals surface area (Å²) in [5, 5.41) is 2.91. The van der Waals surface area contributed by atoms with Crippen molar-refractivity contribution in [3.8, 4) is 0 Å². The molecule has 0 saturated heterocycles. The van der Waals surface area contributed by atoms with E-state index in [1.807, 2.05) is 0 Å². The molecule has 0 aromatic heterocycles. The van der Waals surface area contributed by atoms with E-state index in [2.05, 4.69) is 10.0 Å². The molecular formula is C17H17ClF2N2O3S. The van der Waals surface area contributed by atoms with Crippen molar-refractivity contribution >= 4 is 33.2 Å². The van der Waals surface area contributed by atoms with Gasteiger partial charge in [0.15, 0.2) is 0 Å². The lowest BCUT2D eigenvalue weighted by atomic mass is 10.1. The summed E-state index contributed by atoms with van der Waals surface area (Å²) in [5.74, 6) is -3.41. The molecule has 0 heterocycles. The second-order valence-electron chi connectivity index (χ2n) is 5.83. The molecule has 0 unspecified atom stereocenters. The minimum absolute atomic E-state index is 0.0997. The number of nitrogens with one attached hydrogen (secondary N) is 2. The zero-order valence-electron chi connectivity index (χ0n) is 14.0. The Kier molecular flexibility index (Phi) is 5.87. The van der Waals surface area contributed by atoms with Crippen LogP contribution in [-0.2, 0) is 22.5 Å². The van der Waals surface area contributed by atoms with E-state index in [1.165, 1.54) is 36.4 Å². The van der Waals surface area contributed by atoms with Gasteiger partial charge in [-0.1, -0.05) is 29.8 Å². The molecule has 5 nitrogen and oxygen atoms in total. The van der Waals surface area contributed by atoms with Gasteiger partial charge in [-0.2, -0.15) is 0 Å². The van der Waals surface area contributed by atoms with Crippen molar-refractivity contribution in [2.75, 3.05) is 11.0 Å². The van der Waals surface area contributed by atoms with Crippen LogP contribution in [0.2, 0.25) is 5.02 Å². The van der Waals surface area contributed by atoms with Crippen LogP contribution in [-0.4, -0.2) is 20.6 Å². The van der Waals surface area contributed by atoms with E-state index in [-0.39, 0.29) is 22.7 Å². The Labute approximate surface area is 155 Å². The van der Waals surface area contributed by atoms with Crippen molar-refractivity contribution in [1.29, 1.82) is 0 Å². The monoisotopic (exact) mass is 402 g/mol. The predicted octanol–water partition coefficient (Wildman–Crippen LogP) is 3.75. The molecule has 0 saturated carbocycles. The molecule has 0 aliphatic carbocycles. The van der Waals surface area contributed by atoms with Crippen LogP contribution in [0, 0.1) is 0 Å². The summed E-state index contributed by atoms with van der Waals surface area (Å²) in [4.78, 5) is 12.1. The second kappa shape index (κ2) is 7.59. The smallest absolute Gasteiger partial charge is 0.270 e. The first-order valence-electron chi connectivity index (χ1n) is 7.48. The van der Waals surface area contributed by atoms with Gasteiger partial charge >= 0.3 is 0 Å². The highest BCUT2D eigenvalue weighted by Gasteiger charge is 2.24. The van der Waals surface area contributed by atoms with Crippen LogP contribution < -0.4 is 10.0 Å². The summed E-state index contributed by atoms with van der Waals surface area (Å²) in [5.41, 5.74) is 0.954. The summed E-state index contributed by atoms with van der Waals surface area (Å²) in [7, 11) is -3.41. The number of hydrogen-bond acceptors (Lipinski definition) is 3. The number of alkyl halides is 2. The van der Waals surface area contributed by atoms with Gasteiger partial charge in [0.25, 0.3) is 11.8 Å². The highest BCUT2D eigenvalue weighted by Crippen LogP contribution is 2.27. The highest BCUT2D eigenvalue weighted by atomic mass is 35.5. The Hall–Kier alpha value is -2.19. The predicted molar refractivity (Wildman–Crippen MR) is 97.1 cm³/mol. The fourth-order valence-corrected chi connectivity index (χ4v) is 2.96. The maximum atomic E-state index is 13.2. The van der Waals surface area contributed by atoms with Gasteiger partial charge in [-0.3, -0.25) is 9.52 Å². The molecule has 2 aromatic rings. The molecule has 0 aliphatic rings. The molecule has 1 amide bonds. The fraction of sp³-hybridized carbons (Fsp3) is 0.235. The van der Waals surface area contributed by atoms with E-state index in [0.717, 1.165) is 13.2 Å². The summed E-state index contributed by atoms with van der Waals surface area (Å²) < 4.78 is 51.0. The summed E-state index contributed by atoms with van der Waals surface area (Å²) in [6, 6.07) is 9.58. The third-order valence-corrected chi connectivity index (χ3v) is 4.41. The fourth-order valence-electron chi connectivity index (χ4n) is 2.16. The molecule has 0 atom stereocenters. The van der Waals surface area contributed by atoms with Gasteiger partial charge in [-0.15, -0.1) is 0 Å². The molecule has 0 aliphatic heterocycles. The van der Waals surface area contributed by atoms with Crippen LogP contribution in [0.25, 0.3) is 0 Å². The molecule has 26 heavy (non-hydrogen) atoms.